The summed E-state index contributed by atoms with van der Waals surface area (Å²) in [4.78, 5) is 35.1. The van der Waals surface area contributed by atoms with Gasteiger partial charge in [-0.1, -0.05) is 41.9 Å². The third-order valence-electron chi connectivity index (χ3n) is 4.07. The molecule has 0 atom stereocenters. The standard InChI is InChI=1S/C21H18ClNO4S/c22-17-13-16(11-10-15(17)12-18-20(25)23-21(26)28-18)27-19(24)9-5-4-8-14-6-2-1-3-7-14/h1-3,6-7,10-13H,4-5,8-9H2,(H,23,25,26)/b18-12-. The smallest absolute Gasteiger partial charge is 0.311 e. The summed E-state index contributed by atoms with van der Waals surface area (Å²) in [6.07, 6.45) is 4.44. The molecule has 28 heavy (non-hydrogen) atoms. The molecule has 2 amide bonds. The number of unbranched alkanes of at least 4 members (excludes halogenated alkanes) is 1. The molecule has 2 aromatic rings. The molecular formula is C21H18ClNO4S. The predicted octanol–water partition coefficient (Wildman–Crippen LogP) is 4.98. The van der Waals surface area contributed by atoms with E-state index in [0.29, 0.717) is 22.8 Å². The van der Waals surface area contributed by atoms with Gasteiger partial charge in [-0.2, -0.15) is 0 Å². The maximum atomic E-state index is 12.0. The maximum absolute atomic E-state index is 12.0. The molecule has 1 saturated heterocycles. The number of nitrogens with one attached hydrogen (secondary N) is 1. The first-order valence-electron chi connectivity index (χ1n) is 8.80. The van der Waals surface area contributed by atoms with Crippen LogP contribution >= 0.6 is 23.4 Å². The van der Waals surface area contributed by atoms with Gasteiger partial charge in [-0.3, -0.25) is 19.7 Å². The number of thioether (sulfide) groups is 1. The van der Waals surface area contributed by atoms with Crippen LogP contribution in [0, 0.1) is 0 Å². The van der Waals surface area contributed by atoms with Gasteiger partial charge in [0, 0.05) is 12.5 Å². The van der Waals surface area contributed by atoms with Crippen LogP contribution in [0.5, 0.6) is 5.75 Å². The van der Waals surface area contributed by atoms with Crippen LogP contribution in [0.15, 0.2) is 53.4 Å². The molecule has 2 aromatic carbocycles. The maximum Gasteiger partial charge on any atom is 0.311 e. The van der Waals surface area contributed by atoms with Gasteiger partial charge < -0.3 is 4.74 Å². The van der Waals surface area contributed by atoms with E-state index >= 15 is 0 Å². The lowest BCUT2D eigenvalue weighted by atomic mass is 10.1. The zero-order valence-electron chi connectivity index (χ0n) is 14.9. The second-order valence-electron chi connectivity index (χ2n) is 6.20. The highest BCUT2D eigenvalue weighted by Crippen LogP contribution is 2.30. The first-order chi connectivity index (χ1) is 13.5. The highest BCUT2D eigenvalue weighted by molar-refractivity contribution is 8.18. The van der Waals surface area contributed by atoms with Gasteiger partial charge in [-0.05, 0) is 60.4 Å². The van der Waals surface area contributed by atoms with E-state index in [-0.39, 0.29) is 10.9 Å². The van der Waals surface area contributed by atoms with Crippen molar-refractivity contribution in [3.63, 3.8) is 0 Å². The molecular weight excluding hydrogens is 398 g/mol. The highest BCUT2D eigenvalue weighted by atomic mass is 35.5. The van der Waals surface area contributed by atoms with Gasteiger partial charge in [0.05, 0.1) is 9.93 Å². The van der Waals surface area contributed by atoms with Crippen molar-refractivity contribution in [2.45, 2.75) is 25.7 Å². The molecule has 144 valence electrons. The Balaban J connectivity index is 1.50. The Labute approximate surface area is 172 Å². The van der Waals surface area contributed by atoms with Crippen LogP contribution in [0.2, 0.25) is 5.02 Å². The van der Waals surface area contributed by atoms with E-state index in [1.165, 1.54) is 17.7 Å². The number of aryl methyl sites for hydroxylation is 1. The molecule has 1 aliphatic heterocycles. The summed E-state index contributed by atoms with van der Waals surface area (Å²) in [7, 11) is 0. The summed E-state index contributed by atoms with van der Waals surface area (Å²) in [6.45, 7) is 0. The normalized spacial score (nSPS) is 15.0. The van der Waals surface area contributed by atoms with E-state index in [0.717, 1.165) is 31.0 Å². The first kappa shape index (κ1) is 20.2. The first-order valence-corrected chi connectivity index (χ1v) is 10.00. The van der Waals surface area contributed by atoms with Gasteiger partial charge in [-0.15, -0.1) is 0 Å². The number of benzene rings is 2. The molecule has 0 bridgehead atoms. The van der Waals surface area contributed by atoms with E-state index in [9.17, 15) is 14.4 Å². The fourth-order valence-electron chi connectivity index (χ4n) is 2.68. The lowest BCUT2D eigenvalue weighted by Crippen LogP contribution is -2.17. The number of carbonyl (C=O) groups is 3. The quantitative estimate of drug-likeness (QED) is 0.299. The van der Waals surface area contributed by atoms with Crippen LogP contribution in [0.25, 0.3) is 6.08 Å². The minimum Gasteiger partial charge on any atom is -0.426 e. The SMILES string of the molecule is O=C(CCCCc1ccccc1)Oc1ccc(/C=C2\SC(=O)NC2=O)c(Cl)c1. The van der Waals surface area contributed by atoms with Crippen molar-refractivity contribution in [2.75, 3.05) is 0 Å². The average molecular weight is 416 g/mol. The van der Waals surface area contributed by atoms with Crippen LogP contribution in [0.1, 0.15) is 30.4 Å². The minimum atomic E-state index is -0.447. The Kier molecular flexibility index (Phi) is 6.90. The van der Waals surface area contributed by atoms with E-state index in [1.54, 1.807) is 12.1 Å². The van der Waals surface area contributed by atoms with Crippen molar-refractivity contribution in [3.8, 4) is 5.75 Å². The number of carbonyl (C=O) groups excluding carboxylic acids is 3. The van der Waals surface area contributed by atoms with Crippen molar-refractivity contribution >= 4 is 46.6 Å². The van der Waals surface area contributed by atoms with Crippen molar-refractivity contribution in [3.05, 3.63) is 69.6 Å². The Bertz CT molecular complexity index is 927. The third kappa shape index (κ3) is 5.71. The topological polar surface area (TPSA) is 72.5 Å². The molecule has 1 N–H and O–H groups in total. The molecule has 7 heteroatoms. The number of esters is 1. The van der Waals surface area contributed by atoms with Crippen molar-refractivity contribution in [2.24, 2.45) is 0 Å². The van der Waals surface area contributed by atoms with E-state index in [2.05, 4.69) is 17.4 Å². The zero-order valence-corrected chi connectivity index (χ0v) is 16.5. The molecule has 1 fully saturated rings. The molecule has 5 nitrogen and oxygen atoms in total. The lowest BCUT2D eigenvalue weighted by molar-refractivity contribution is -0.134. The Hall–Kier alpha value is -2.57. The third-order valence-corrected chi connectivity index (χ3v) is 5.21. The van der Waals surface area contributed by atoms with Crippen molar-refractivity contribution < 1.29 is 19.1 Å². The molecule has 1 aliphatic rings. The van der Waals surface area contributed by atoms with E-state index < -0.39 is 11.1 Å². The molecule has 0 aromatic heterocycles. The van der Waals surface area contributed by atoms with Crippen molar-refractivity contribution in [1.82, 2.24) is 5.32 Å². The average Bonchev–Trinajstić information content (AvgIpc) is 2.99. The lowest BCUT2D eigenvalue weighted by Gasteiger charge is -2.07. The van der Waals surface area contributed by atoms with Crippen molar-refractivity contribution in [1.29, 1.82) is 0 Å². The number of ether oxygens (including phenoxy) is 1. The Morgan fingerprint density at radius 2 is 1.89 bits per heavy atom. The number of amides is 2. The number of rotatable bonds is 7. The van der Waals surface area contributed by atoms with Gasteiger partial charge in [0.1, 0.15) is 5.75 Å². The Morgan fingerprint density at radius 3 is 2.57 bits per heavy atom. The Morgan fingerprint density at radius 1 is 1.11 bits per heavy atom. The highest BCUT2D eigenvalue weighted by Gasteiger charge is 2.25. The predicted molar refractivity (Wildman–Crippen MR) is 110 cm³/mol. The molecule has 0 radical (unpaired) electrons. The molecule has 0 unspecified atom stereocenters. The summed E-state index contributed by atoms with van der Waals surface area (Å²) in [5, 5.41) is 2.10. The zero-order chi connectivity index (χ0) is 19.9. The van der Waals surface area contributed by atoms with Gasteiger partial charge in [0.25, 0.3) is 11.1 Å². The summed E-state index contributed by atoms with van der Waals surface area (Å²) < 4.78 is 5.33. The molecule has 0 spiro atoms. The van der Waals surface area contributed by atoms with E-state index in [4.69, 9.17) is 16.3 Å². The van der Waals surface area contributed by atoms with Gasteiger partial charge >= 0.3 is 5.97 Å². The number of imide groups is 1. The fraction of sp³-hybridized carbons (Fsp3) is 0.190. The van der Waals surface area contributed by atoms with Crippen LogP contribution in [0.3, 0.4) is 0 Å². The number of hydrogen-bond donors (Lipinski definition) is 1. The van der Waals surface area contributed by atoms with Gasteiger partial charge in [0.2, 0.25) is 0 Å². The summed E-state index contributed by atoms with van der Waals surface area (Å²) in [6, 6.07) is 14.9. The second-order valence-corrected chi connectivity index (χ2v) is 7.62. The second kappa shape index (κ2) is 9.57. The molecule has 0 aliphatic carbocycles. The number of hydrogen-bond acceptors (Lipinski definition) is 5. The molecule has 1 heterocycles. The summed E-state index contributed by atoms with van der Waals surface area (Å²) in [5.41, 5.74) is 1.82. The van der Waals surface area contributed by atoms with Gasteiger partial charge in [0.15, 0.2) is 0 Å². The van der Waals surface area contributed by atoms with Gasteiger partial charge in [-0.25, -0.2) is 0 Å². The molecule has 3 rings (SSSR count). The van der Waals surface area contributed by atoms with Crippen LogP contribution in [-0.4, -0.2) is 17.1 Å². The largest absolute Gasteiger partial charge is 0.426 e. The number of halogens is 1. The molecule has 0 saturated carbocycles. The monoisotopic (exact) mass is 415 g/mol. The fourth-order valence-corrected chi connectivity index (χ4v) is 3.57. The minimum absolute atomic E-state index is 0.273. The van der Waals surface area contributed by atoms with Crippen LogP contribution in [0.4, 0.5) is 4.79 Å². The summed E-state index contributed by atoms with van der Waals surface area (Å²) >= 11 is 7.03. The van der Waals surface area contributed by atoms with Crippen LogP contribution < -0.4 is 10.1 Å². The van der Waals surface area contributed by atoms with Crippen LogP contribution in [-0.2, 0) is 16.0 Å². The summed E-state index contributed by atoms with van der Waals surface area (Å²) in [5.74, 6) is -0.413. The van der Waals surface area contributed by atoms with E-state index in [1.807, 2.05) is 18.2 Å².